The number of benzene rings is 1. The van der Waals surface area contributed by atoms with Crippen LogP contribution >= 0.6 is 0 Å². The summed E-state index contributed by atoms with van der Waals surface area (Å²) in [6, 6.07) is 7.67. The van der Waals surface area contributed by atoms with Crippen molar-refractivity contribution in [1.82, 2.24) is 9.80 Å². The third kappa shape index (κ3) is 4.21. The summed E-state index contributed by atoms with van der Waals surface area (Å²) in [6.07, 6.45) is 1.79. The van der Waals surface area contributed by atoms with Gasteiger partial charge in [0.25, 0.3) is 5.91 Å². The summed E-state index contributed by atoms with van der Waals surface area (Å²) in [5.74, 6) is 0.681. The number of hydrogen-bond acceptors (Lipinski definition) is 4. The normalized spacial score (nSPS) is 15.8. The first-order chi connectivity index (χ1) is 10.6. The van der Waals surface area contributed by atoms with Crippen molar-refractivity contribution in [2.45, 2.75) is 18.9 Å². The fourth-order valence-corrected chi connectivity index (χ4v) is 2.73. The van der Waals surface area contributed by atoms with E-state index in [-0.39, 0.29) is 11.9 Å². The SMILES string of the molecule is COc1ccccc1C(=O)N(CCN(C)C)C1CCOCC1. The smallest absolute Gasteiger partial charge is 0.257 e. The molecule has 5 heteroatoms. The Kier molecular flexibility index (Phi) is 6.21. The molecule has 0 radical (unpaired) electrons. The summed E-state index contributed by atoms with van der Waals surface area (Å²) in [7, 11) is 5.65. The van der Waals surface area contributed by atoms with E-state index in [0.717, 1.165) is 32.6 Å². The molecule has 0 aromatic heterocycles. The zero-order chi connectivity index (χ0) is 15.9. The first kappa shape index (κ1) is 16.8. The molecule has 1 saturated heterocycles. The van der Waals surface area contributed by atoms with Gasteiger partial charge in [-0.3, -0.25) is 4.79 Å². The highest BCUT2D eigenvalue weighted by Crippen LogP contribution is 2.23. The second kappa shape index (κ2) is 8.15. The van der Waals surface area contributed by atoms with Crippen LogP contribution in [0.4, 0.5) is 0 Å². The Labute approximate surface area is 132 Å². The van der Waals surface area contributed by atoms with Crippen molar-refractivity contribution in [3.8, 4) is 5.75 Å². The molecule has 1 amide bonds. The Balaban J connectivity index is 2.20. The summed E-state index contributed by atoms with van der Waals surface area (Å²) in [6.45, 7) is 3.01. The highest BCUT2D eigenvalue weighted by Gasteiger charge is 2.28. The number of likely N-dealkylation sites (N-methyl/N-ethyl adjacent to an activating group) is 1. The minimum absolute atomic E-state index is 0.0474. The van der Waals surface area contributed by atoms with Crippen molar-refractivity contribution in [3.63, 3.8) is 0 Å². The van der Waals surface area contributed by atoms with Gasteiger partial charge in [0.2, 0.25) is 0 Å². The van der Waals surface area contributed by atoms with E-state index >= 15 is 0 Å². The van der Waals surface area contributed by atoms with E-state index in [9.17, 15) is 4.79 Å². The molecular formula is C17H26N2O3. The maximum Gasteiger partial charge on any atom is 0.257 e. The fourth-order valence-electron chi connectivity index (χ4n) is 2.73. The van der Waals surface area contributed by atoms with Gasteiger partial charge in [0.1, 0.15) is 5.75 Å². The molecule has 0 atom stereocenters. The fraction of sp³-hybridized carbons (Fsp3) is 0.588. The van der Waals surface area contributed by atoms with Gasteiger partial charge < -0.3 is 19.3 Å². The minimum Gasteiger partial charge on any atom is -0.496 e. The first-order valence-electron chi connectivity index (χ1n) is 7.80. The Hall–Kier alpha value is -1.59. The highest BCUT2D eigenvalue weighted by molar-refractivity contribution is 5.97. The number of hydrogen-bond donors (Lipinski definition) is 0. The molecule has 122 valence electrons. The number of nitrogens with zero attached hydrogens (tertiary/aromatic N) is 2. The standard InChI is InChI=1S/C17H26N2O3/c1-18(2)10-11-19(14-8-12-22-13-9-14)17(20)15-6-4-5-7-16(15)21-3/h4-7,14H,8-13H2,1-3H3. The average Bonchev–Trinajstić information content (AvgIpc) is 2.55. The zero-order valence-electron chi connectivity index (χ0n) is 13.7. The van der Waals surface area contributed by atoms with Crippen molar-refractivity contribution in [1.29, 1.82) is 0 Å². The molecule has 1 heterocycles. The molecule has 2 rings (SSSR count). The second-order valence-corrected chi connectivity index (χ2v) is 5.85. The van der Waals surface area contributed by atoms with Crippen molar-refractivity contribution in [3.05, 3.63) is 29.8 Å². The van der Waals surface area contributed by atoms with Crippen LogP contribution in [0.15, 0.2) is 24.3 Å². The third-order valence-corrected chi connectivity index (χ3v) is 4.02. The van der Waals surface area contributed by atoms with E-state index in [4.69, 9.17) is 9.47 Å². The summed E-state index contributed by atoms with van der Waals surface area (Å²) in [5.41, 5.74) is 0.634. The first-order valence-corrected chi connectivity index (χ1v) is 7.80. The summed E-state index contributed by atoms with van der Waals surface area (Å²) in [4.78, 5) is 17.1. The molecule has 1 aliphatic rings. The molecule has 1 aliphatic heterocycles. The Bertz CT molecular complexity index is 485. The van der Waals surface area contributed by atoms with Crippen LogP contribution in [0.5, 0.6) is 5.75 Å². The van der Waals surface area contributed by atoms with E-state index < -0.39 is 0 Å². The topological polar surface area (TPSA) is 42.0 Å². The summed E-state index contributed by atoms with van der Waals surface area (Å²) >= 11 is 0. The molecule has 0 spiro atoms. The molecule has 1 aromatic carbocycles. The van der Waals surface area contributed by atoms with Gasteiger partial charge in [-0.2, -0.15) is 0 Å². The number of carbonyl (C=O) groups excluding carboxylic acids is 1. The Morgan fingerprint density at radius 2 is 1.91 bits per heavy atom. The van der Waals surface area contributed by atoms with Gasteiger partial charge in [0.15, 0.2) is 0 Å². The van der Waals surface area contributed by atoms with E-state index in [1.54, 1.807) is 7.11 Å². The maximum absolute atomic E-state index is 13.0. The maximum atomic E-state index is 13.0. The molecule has 22 heavy (non-hydrogen) atoms. The van der Waals surface area contributed by atoms with Crippen molar-refractivity contribution in [2.24, 2.45) is 0 Å². The lowest BCUT2D eigenvalue weighted by atomic mass is 10.0. The van der Waals surface area contributed by atoms with E-state index in [2.05, 4.69) is 4.90 Å². The molecule has 0 aliphatic carbocycles. The summed E-state index contributed by atoms with van der Waals surface area (Å²) in [5, 5.41) is 0. The molecule has 0 saturated carbocycles. The van der Waals surface area contributed by atoms with Gasteiger partial charge >= 0.3 is 0 Å². The van der Waals surface area contributed by atoms with Gasteiger partial charge in [0.05, 0.1) is 12.7 Å². The van der Waals surface area contributed by atoms with Crippen LogP contribution < -0.4 is 4.74 Å². The quantitative estimate of drug-likeness (QED) is 0.805. The molecule has 1 aromatic rings. The number of rotatable bonds is 6. The van der Waals surface area contributed by atoms with Gasteiger partial charge in [-0.1, -0.05) is 12.1 Å². The second-order valence-electron chi connectivity index (χ2n) is 5.85. The molecule has 0 unspecified atom stereocenters. The van der Waals surface area contributed by atoms with Crippen LogP contribution in [0.25, 0.3) is 0 Å². The van der Waals surface area contributed by atoms with Crippen LogP contribution in [-0.2, 0) is 4.74 Å². The van der Waals surface area contributed by atoms with E-state index in [1.807, 2.05) is 43.3 Å². The number of amides is 1. The lowest BCUT2D eigenvalue weighted by Gasteiger charge is -2.35. The van der Waals surface area contributed by atoms with Crippen LogP contribution in [0.1, 0.15) is 23.2 Å². The number of methoxy groups -OCH3 is 1. The number of para-hydroxylation sites is 1. The highest BCUT2D eigenvalue weighted by atomic mass is 16.5. The van der Waals surface area contributed by atoms with Gasteiger partial charge in [-0.05, 0) is 39.1 Å². The molecule has 0 N–H and O–H groups in total. The van der Waals surface area contributed by atoms with Gasteiger partial charge in [-0.15, -0.1) is 0 Å². The van der Waals surface area contributed by atoms with Crippen molar-refractivity contribution < 1.29 is 14.3 Å². The van der Waals surface area contributed by atoms with Crippen LogP contribution in [0.3, 0.4) is 0 Å². The minimum atomic E-state index is 0.0474. The molecule has 5 nitrogen and oxygen atoms in total. The molecule has 0 bridgehead atoms. The monoisotopic (exact) mass is 306 g/mol. The van der Waals surface area contributed by atoms with Crippen LogP contribution in [-0.4, -0.2) is 69.3 Å². The molecule has 1 fully saturated rings. The number of carbonyl (C=O) groups is 1. The number of ether oxygens (including phenoxy) is 2. The van der Waals surface area contributed by atoms with Gasteiger partial charge in [0, 0.05) is 32.3 Å². The van der Waals surface area contributed by atoms with E-state index in [1.165, 1.54) is 0 Å². The predicted molar refractivity (Wildman–Crippen MR) is 86.4 cm³/mol. The van der Waals surface area contributed by atoms with Crippen molar-refractivity contribution in [2.75, 3.05) is 47.5 Å². The Morgan fingerprint density at radius 1 is 1.23 bits per heavy atom. The lowest BCUT2D eigenvalue weighted by molar-refractivity contribution is 0.0274. The van der Waals surface area contributed by atoms with Crippen LogP contribution in [0.2, 0.25) is 0 Å². The van der Waals surface area contributed by atoms with Crippen molar-refractivity contribution >= 4 is 5.91 Å². The zero-order valence-corrected chi connectivity index (χ0v) is 13.7. The van der Waals surface area contributed by atoms with E-state index in [0.29, 0.717) is 17.9 Å². The molecular weight excluding hydrogens is 280 g/mol. The lowest BCUT2D eigenvalue weighted by Crippen LogP contribution is -2.46. The van der Waals surface area contributed by atoms with Crippen LogP contribution in [0, 0.1) is 0 Å². The Morgan fingerprint density at radius 3 is 2.55 bits per heavy atom. The summed E-state index contributed by atoms with van der Waals surface area (Å²) < 4.78 is 10.8. The predicted octanol–water partition coefficient (Wildman–Crippen LogP) is 1.88. The largest absolute Gasteiger partial charge is 0.496 e. The third-order valence-electron chi connectivity index (χ3n) is 4.02. The average molecular weight is 306 g/mol. The van der Waals surface area contributed by atoms with Gasteiger partial charge in [-0.25, -0.2) is 0 Å².